The van der Waals surface area contributed by atoms with Crippen LogP contribution in [0, 0.1) is 23.7 Å². The maximum Gasteiger partial charge on any atom is 0.255 e. The summed E-state index contributed by atoms with van der Waals surface area (Å²) in [6.07, 6.45) is 0.274. The average molecular weight is 515 g/mol. The Labute approximate surface area is 218 Å². The van der Waals surface area contributed by atoms with Gasteiger partial charge in [-0.15, -0.1) is 0 Å². The molecule has 9 heteroatoms. The van der Waals surface area contributed by atoms with E-state index < -0.39 is 58.0 Å². The van der Waals surface area contributed by atoms with Gasteiger partial charge in [-0.25, -0.2) is 0 Å². The zero-order valence-electron chi connectivity index (χ0n) is 20.7. The molecule has 0 heterocycles. The highest BCUT2D eigenvalue weighted by Crippen LogP contribution is 2.52. The summed E-state index contributed by atoms with van der Waals surface area (Å²) < 4.78 is 0. The number of nitrogens with two attached hydrogens (primary N) is 1. The number of phenolic OH excluding ortho intramolecular Hbond substituents is 1. The molecule has 3 aliphatic carbocycles. The number of hydrogen-bond donors (Lipinski definition) is 5. The predicted molar refractivity (Wildman–Crippen MR) is 136 cm³/mol. The van der Waals surface area contributed by atoms with Crippen LogP contribution < -0.4 is 5.73 Å². The number of phenols is 1. The molecule has 0 aliphatic heterocycles. The van der Waals surface area contributed by atoms with Crippen molar-refractivity contribution < 1.29 is 34.8 Å². The molecular weight excluding hydrogens is 488 g/mol. The molecule has 38 heavy (non-hydrogen) atoms. The number of amides is 1. The second-order valence-corrected chi connectivity index (χ2v) is 10.1. The number of benzene rings is 2. The number of carbonyl (C=O) groups excluding carboxylic acids is 3. The molecule has 0 bridgehead atoms. The van der Waals surface area contributed by atoms with E-state index in [0.717, 1.165) is 0 Å². The number of hydrogen-bond acceptors (Lipinski definition) is 8. The first-order valence-electron chi connectivity index (χ1n) is 12.0. The van der Waals surface area contributed by atoms with Gasteiger partial charge < -0.3 is 26.2 Å². The van der Waals surface area contributed by atoms with Crippen molar-refractivity contribution in [3.63, 3.8) is 0 Å². The number of likely N-dealkylation sites (N-methyl/N-ethyl adjacent to an activating group) is 1. The van der Waals surface area contributed by atoms with E-state index in [0.29, 0.717) is 11.1 Å². The van der Waals surface area contributed by atoms with Crippen molar-refractivity contribution in [3.8, 4) is 17.6 Å². The first-order chi connectivity index (χ1) is 18.0. The summed E-state index contributed by atoms with van der Waals surface area (Å²) in [6, 6.07) is 11.4. The van der Waals surface area contributed by atoms with Gasteiger partial charge in [0.25, 0.3) is 5.91 Å². The van der Waals surface area contributed by atoms with Crippen LogP contribution in [-0.2, 0) is 16.0 Å². The molecule has 194 valence electrons. The summed E-state index contributed by atoms with van der Waals surface area (Å²) >= 11 is 0. The summed E-state index contributed by atoms with van der Waals surface area (Å²) in [5.41, 5.74) is 3.04. The van der Waals surface area contributed by atoms with Gasteiger partial charge in [0, 0.05) is 17.1 Å². The number of Topliss-reactive ketones (excluding diaryl/α,β-unsaturated/α-hetero) is 2. The minimum atomic E-state index is -2.66. The monoisotopic (exact) mass is 514 g/mol. The van der Waals surface area contributed by atoms with E-state index >= 15 is 0 Å². The first-order valence-corrected chi connectivity index (χ1v) is 12.0. The Hall–Kier alpha value is -4.39. The van der Waals surface area contributed by atoms with Crippen LogP contribution in [0.3, 0.4) is 0 Å². The molecule has 0 fully saturated rings. The van der Waals surface area contributed by atoms with Crippen LogP contribution in [0.25, 0.3) is 0 Å². The Kier molecular flexibility index (Phi) is 5.90. The van der Waals surface area contributed by atoms with Crippen molar-refractivity contribution in [1.29, 1.82) is 0 Å². The zero-order valence-corrected chi connectivity index (χ0v) is 20.7. The van der Waals surface area contributed by atoms with Crippen molar-refractivity contribution in [3.05, 3.63) is 87.4 Å². The number of aromatic hydroxyl groups is 1. The largest absolute Gasteiger partial charge is 0.510 e. The van der Waals surface area contributed by atoms with Crippen molar-refractivity contribution in [1.82, 2.24) is 4.90 Å². The van der Waals surface area contributed by atoms with Gasteiger partial charge in [-0.2, -0.15) is 0 Å². The number of nitrogens with zero attached hydrogens (tertiary/aromatic N) is 1. The molecule has 0 radical (unpaired) electrons. The Bertz CT molecular complexity index is 1530. The van der Waals surface area contributed by atoms with Gasteiger partial charge in [-0.05, 0) is 56.6 Å². The number of carbonyl (C=O) groups is 3. The molecule has 0 spiro atoms. The second kappa shape index (κ2) is 8.87. The third-order valence-electron chi connectivity index (χ3n) is 7.71. The SMILES string of the molecule is CN(C)[C@H]1C(O)=C(C(N)=O)C(=O)[C@]2(O)C(O)=C3C(=O)c4c(ccc(C#Cc5ccccc5)c4O)C[C@H]3C[C@@H]12. The zero-order chi connectivity index (χ0) is 27.5. The minimum absolute atomic E-state index is 0.0437. The van der Waals surface area contributed by atoms with E-state index in [1.807, 2.05) is 18.2 Å². The fourth-order valence-corrected chi connectivity index (χ4v) is 5.99. The van der Waals surface area contributed by atoms with Crippen LogP contribution in [-0.4, -0.2) is 68.5 Å². The van der Waals surface area contributed by atoms with Crippen LogP contribution in [0.1, 0.15) is 33.5 Å². The number of ketones is 2. The van der Waals surface area contributed by atoms with Crippen LogP contribution in [0.5, 0.6) is 5.75 Å². The third-order valence-corrected chi connectivity index (χ3v) is 7.71. The van der Waals surface area contributed by atoms with E-state index in [4.69, 9.17) is 5.73 Å². The second-order valence-electron chi connectivity index (χ2n) is 10.1. The standard InChI is InChI=1S/C29H26N2O7/c1-31(2)22-18-13-17-12-16-11-10-15(9-8-14-6-4-3-5-7-14)23(32)19(16)24(33)20(17)26(35)29(18,38)27(36)21(25(22)34)28(30)37/h3-7,10-11,17-18,22,32,34-35,38H,12-13H2,1-2H3,(H2,30,37)/t17-,18-,22+,29+/m0/s1. The highest BCUT2D eigenvalue weighted by molar-refractivity contribution is 6.24. The lowest BCUT2D eigenvalue weighted by molar-refractivity contribution is -0.148. The van der Waals surface area contributed by atoms with Crippen LogP contribution >= 0.6 is 0 Å². The molecule has 6 N–H and O–H groups in total. The number of primary amides is 1. The van der Waals surface area contributed by atoms with E-state index in [1.165, 1.54) is 4.90 Å². The lowest BCUT2D eigenvalue weighted by Gasteiger charge is -2.50. The lowest BCUT2D eigenvalue weighted by Crippen LogP contribution is -2.63. The van der Waals surface area contributed by atoms with E-state index in [9.17, 15) is 34.8 Å². The average Bonchev–Trinajstić information content (AvgIpc) is 2.86. The Morgan fingerprint density at radius 2 is 1.74 bits per heavy atom. The lowest BCUT2D eigenvalue weighted by atomic mass is 9.58. The number of allylic oxidation sites excluding steroid dienone is 1. The molecule has 9 nitrogen and oxygen atoms in total. The molecule has 2 aromatic rings. The molecule has 2 aromatic carbocycles. The molecule has 0 aromatic heterocycles. The predicted octanol–water partition coefficient (Wildman–Crippen LogP) is 1.52. The maximum atomic E-state index is 13.7. The normalized spacial score (nSPS) is 26.4. The summed E-state index contributed by atoms with van der Waals surface area (Å²) in [6.45, 7) is 0. The molecule has 0 saturated carbocycles. The van der Waals surface area contributed by atoms with Gasteiger partial charge >= 0.3 is 0 Å². The molecule has 4 atom stereocenters. The van der Waals surface area contributed by atoms with Crippen molar-refractivity contribution in [2.24, 2.45) is 17.6 Å². The summed E-state index contributed by atoms with van der Waals surface area (Å²) in [5.74, 6) is -0.992. The number of aliphatic hydroxyl groups excluding tert-OH is 2. The van der Waals surface area contributed by atoms with E-state index in [1.54, 1.807) is 38.4 Å². The molecule has 5 rings (SSSR count). The van der Waals surface area contributed by atoms with Crippen LogP contribution in [0.2, 0.25) is 0 Å². The fourth-order valence-electron chi connectivity index (χ4n) is 5.99. The van der Waals surface area contributed by atoms with E-state index in [2.05, 4.69) is 11.8 Å². The van der Waals surface area contributed by atoms with Crippen molar-refractivity contribution >= 4 is 17.5 Å². The molecular formula is C29H26N2O7. The summed E-state index contributed by atoms with van der Waals surface area (Å²) in [7, 11) is 3.17. The van der Waals surface area contributed by atoms with E-state index in [-0.39, 0.29) is 35.3 Å². The highest BCUT2D eigenvalue weighted by Gasteiger charge is 2.63. The topological polar surface area (TPSA) is 161 Å². The van der Waals surface area contributed by atoms with Crippen molar-refractivity contribution in [2.75, 3.05) is 14.1 Å². The van der Waals surface area contributed by atoms with Crippen molar-refractivity contribution in [2.45, 2.75) is 24.5 Å². The van der Waals surface area contributed by atoms with Crippen LogP contribution in [0.15, 0.2) is 65.1 Å². The maximum absolute atomic E-state index is 13.7. The summed E-state index contributed by atoms with van der Waals surface area (Å²) in [5, 5.41) is 44.8. The first kappa shape index (κ1) is 25.3. The number of fused-ring (bicyclic) bond motifs is 3. The third kappa shape index (κ3) is 3.53. The Balaban J connectivity index is 1.64. The smallest absolute Gasteiger partial charge is 0.255 e. The van der Waals surface area contributed by atoms with Gasteiger partial charge in [0.2, 0.25) is 5.78 Å². The van der Waals surface area contributed by atoms with Gasteiger partial charge in [0.1, 0.15) is 22.8 Å². The number of aliphatic hydroxyl groups is 3. The Morgan fingerprint density at radius 3 is 2.37 bits per heavy atom. The number of rotatable bonds is 2. The highest BCUT2D eigenvalue weighted by atomic mass is 16.3. The van der Waals surface area contributed by atoms with Gasteiger partial charge in [-0.1, -0.05) is 36.1 Å². The fraction of sp³-hybridized carbons (Fsp3) is 0.276. The molecule has 1 amide bonds. The molecule has 3 aliphatic rings. The Morgan fingerprint density at radius 1 is 1.05 bits per heavy atom. The van der Waals surface area contributed by atoms with Gasteiger partial charge in [-0.3, -0.25) is 19.3 Å². The van der Waals surface area contributed by atoms with Gasteiger partial charge in [0.15, 0.2) is 11.4 Å². The summed E-state index contributed by atoms with van der Waals surface area (Å²) in [4.78, 5) is 40.6. The molecule has 0 unspecified atom stereocenters. The van der Waals surface area contributed by atoms with Crippen LogP contribution in [0.4, 0.5) is 0 Å². The molecule has 0 saturated heterocycles. The minimum Gasteiger partial charge on any atom is -0.510 e. The quantitative estimate of drug-likeness (QED) is 0.298. The van der Waals surface area contributed by atoms with Gasteiger partial charge in [0.05, 0.1) is 17.2 Å².